The van der Waals surface area contributed by atoms with Gasteiger partial charge >= 0.3 is 0 Å². The van der Waals surface area contributed by atoms with Crippen LogP contribution >= 0.6 is 0 Å². The van der Waals surface area contributed by atoms with E-state index in [2.05, 4.69) is 5.32 Å². The molecule has 5 nitrogen and oxygen atoms in total. The smallest absolute Gasteiger partial charge is 0.253 e. The molecule has 0 spiro atoms. The molecule has 1 rings (SSSR count). The van der Waals surface area contributed by atoms with Crippen molar-refractivity contribution in [3.05, 3.63) is 29.8 Å². The Kier molecular flexibility index (Phi) is 5.05. The van der Waals surface area contributed by atoms with Gasteiger partial charge in [0.1, 0.15) is 5.78 Å². The molecule has 3 N–H and O–H groups in total. The number of anilines is 1. The predicted molar refractivity (Wildman–Crippen MR) is 68.1 cm³/mol. The minimum Gasteiger partial charge on any atom is -0.398 e. The van der Waals surface area contributed by atoms with E-state index in [1.165, 1.54) is 6.92 Å². The molecule has 0 unspecified atom stereocenters. The molecular formula is C13H16N2O3. The highest BCUT2D eigenvalue weighted by Crippen LogP contribution is 2.09. The maximum absolute atomic E-state index is 11.7. The standard InChI is InChI=1S/C13H16N2O3/c1-9(16)6-7-10(17)8-15-13(18)11-4-2-3-5-12(11)14/h2-5H,6-8,14H2,1H3,(H,15,18). The zero-order valence-electron chi connectivity index (χ0n) is 10.2. The maximum Gasteiger partial charge on any atom is 0.253 e. The number of ketones is 2. The highest BCUT2D eigenvalue weighted by Gasteiger charge is 2.10. The van der Waals surface area contributed by atoms with Gasteiger partial charge in [-0.3, -0.25) is 9.59 Å². The van der Waals surface area contributed by atoms with Gasteiger partial charge in [-0.1, -0.05) is 12.1 Å². The molecule has 0 bridgehead atoms. The van der Waals surface area contributed by atoms with Crippen LogP contribution in [0.4, 0.5) is 5.69 Å². The largest absolute Gasteiger partial charge is 0.398 e. The molecule has 0 aliphatic rings. The number of Topliss-reactive ketones (excluding diaryl/α,β-unsaturated/α-hetero) is 2. The molecule has 5 heteroatoms. The molecule has 1 amide bonds. The third-order valence-corrected chi connectivity index (χ3v) is 2.41. The Hall–Kier alpha value is -2.17. The quantitative estimate of drug-likeness (QED) is 0.733. The minimum atomic E-state index is -0.385. The Morgan fingerprint density at radius 3 is 2.44 bits per heavy atom. The maximum atomic E-state index is 11.7. The molecule has 0 fully saturated rings. The van der Waals surface area contributed by atoms with Crippen molar-refractivity contribution < 1.29 is 14.4 Å². The van der Waals surface area contributed by atoms with Crippen molar-refractivity contribution in [1.29, 1.82) is 0 Å². The van der Waals surface area contributed by atoms with E-state index in [4.69, 9.17) is 5.73 Å². The lowest BCUT2D eigenvalue weighted by Crippen LogP contribution is -2.30. The third-order valence-electron chi connectivity index (χ3n) is 2.41. The summed E-state index contributed by atoms with van der Waals surface area (Å²) in [6, 6.07) is 6.63. The van der Waals surface area contributed by atoms with Crippen LogP contribution in [0, 0.1) is 0 Å². The molecule has 0 saturated heterocycles. The van der Waals surface area contributed by atoms with Gasteiger partial charge in [0.25, 0.3) is 5.91 Å². The molecule has 96 valence electrons. The molecule has 18 heavy (non-hydrogen) atoms. The minimum absolute atomic E-state index is 0.0398. The van der Waals surface area contributed by atoms with E-state index in [0.717, 1.165) is 0 Å². The van der Waals surface area contributed by atoms with Crippen LogP contribution in [0.1, 0.15) is 30.1 Å². The lowest BCUT2D eigenvalue weighted by Gasteiger charge is -2.06. The number of amides is 1. The first-order valence-corrected chi connectivity index (χ1v) is 5.64. The molecule has 0 atom stereocenters. The second-order valence-electron chi connectivity index (χ2n) is 4.01. The molecule has 0 aliphatic heterocycles. The highest BCUT2D eigenvalue weighted by atomic mass is 16.2. The number of benzene rings is 1. The predicted octanol–water partition coefficient (Wildman–Crippen LogP) is 0.937. The average molecular weight is 248 g/mol. The number of carbonyl (C=O) groups excluding carboxylic acids is 3. The zero-order valence-corrected chi connectivity index (χ0v) is 10.2. The van der Waals surface area contributed by atoms with E-state index in [1.807, 2.05) is 0 Å². The number of rotatable bonds is 6. The summed E-state index contributed by atoms with van der Waals surface area (Å²) in [5, 5.41) is 2.48. The number of nitrogens with two attached hydrogens (primary N) is 1. The topological polar surface area (TPSA) is 89.3 Å². The van der Waals surface area contributed by atoms with Gasteiger partial charge in [0.2, 0.25) is 0 Å². The fraction of sp³-hybridized carbons (Fsp3) is 0.308. The summed E-state index contributed by atoms with van der Waals surface area (Å²) in [5.41, 5.74) is 6.35. The SMILES string of the molecule is CC(=O)CCC(=O)CNC(=O)c1ccccc1N. The van der Waals surface area contributed by atoms with Gasteiger partial charge < -0.3 is 15.8 Å². The van der Waals surface area contributed by atoms with Crippen molar-refractivity contribution in [1.82, 2.24) is 5.32 Å². The zero-order chi connectivity index (χ0) is 13.5. The fourth-order valence-corrected chi connectivity index (χ4v) is 1.38. The number of hydrogen-bond donors (Lipinski definition) is 2. The number of para-hydroxylation sites is 1. The summed E-state index contributed by atoms with van der Waals surface area (Å²) in [6.07, 6.45) is 0.363. The fourth-order valence-electron chi connectivity index (χ4n) is 1.38. The second kappa shape index (κ2) is 6.54. The molecule has 0 aromatic heterocycles. The number of nitrogens with one attached hydrogen (secondary N) is 1. The first-order valence-electron chi connectivity index (χ1n) is 5.64. The third kappa shape index (κ3) is 4.37. The van der Waals surface area contributed by atoms with Gasteiger partial charge in [-0.15, -0.1) is 0 Å². The molecular weight excluding hydrogens is 232 g/mol. The van der Waals surface area contributed by atoms with Crippen LogP contribution in [0.3, 0.4) is 0 Å². The Labute approximate surface area is 105 Å². The first kappa shape index (κ1) is 13.9. The molecule has 1 aromatic carbocycles. The van der Waals surface area contributed by atoms with Crippen LogP contribution in [-0.4, -0.2) is 24.0 Å². The Morgan fingerprint density at radius 2 is 1.83 bits per heavy atom. The van der Waals surface area contributed by atoms with Gasteiger partial charge in [-0.05, 0) is 19.1 Å². The monoisotopic (exact) mass is 248 g/mol. The summed E-state index contributed by atoms with van der Waals surface area (Å²) in [7, 11) is 0. The van der Waals surface area contributed by atoms with E-state index in [9.17, 15) is 14.4 Å². The second-order valence-corrected chi connectivity index (χ2v) is 4.01. The average Bonchev–Trinajstić information content (AvgIpc) is 2.34. The van der Waals surface area contributed by atoms with Crippen LogP contribution in [0.25, 0.3) is 0 Å². The molecule has 0 heterocycles. The van der Waals surface area contributed by atoms with Crippen molar-refractivity contribution in [2.75, 3.05) is 12.3 Å². The van der Waals surface area contributed by atoms with Crippen molar-refractivity contribution in [2.24, 2.45) is 0 Å². The van der Waals surface area contributed by atoms with Crippen molar-refractivity contribution >= 4 is 23.2 Å². The number of carbonyl (C=O) groups is 3. The van der Waals surface area contributed by atoms with Gasteiger partial charge in [0, 0.05) is 18.5 Å². The first-order chi connectivity index (χ1) is 8.50. The van der Waals surface area contributed by atoms with E-state index >= 15 is 0 Å². The van der Waals surface area contributed by atoms with Crippen LogP contribution in [0.15, 0.2) is 24.3 Å². The van der Waals surface area contributed by atoms with Gasteiger partial charge in [0.15, 0.2) is 5.78 Å². The van der Waals surface area contributed by atoms with Gasteiger partial charge in [-0.25, -0.2) is 0 Å². The van der Waals surface area contributed by atoms with Crippen LogP contribution in [0.5, 0.6) is 0 Å². The summed E-state index contributed by atoms with van der Waals surface area (Å²) in [6.45, 7) is 1.34. The van der Waals surface area contributed by atoms with E-state index in [-0.39, 0.29) is 36.9 Å². The summed E-state index contributed by atoms with van der Waals surface area (Å²) in [4.78, 5) is 33.8. The lowest BCUT2D eigenvalue weighted by atomic mass is 10.1. The number of hydrogen-bond acceptors (Lipinski definition) is 4. The molecule has 1 aromatic rings. The lowest BCUT2D eigenvalue weighted by molar-refractivity contribution is -0.122. The Bertz CT molecular complexity index is 469. The van der Waals surface area contributed by atoms with E-state index < -0.39 is 0 Å². The summed E-state index contributed by atoms with van der Waals surface area (Å²) < 4.78 is 0. The highest BCUT2D eigenvalue weighted by molar-refractivity contribution is 6.00. The molecule has 0 radical (unpaired) electrons. The Morgan fingerprint density at radius 1 is 1.17 bits per heavy atom. The number of nitrogen functional groups attached to an aromatic ring is 1. The van der Waals surface area contributed by atoms with Crippen LogP contribution in [-0.2, 0) is 9.59 Å². The van der Waals surface area contributed by atoms with E-state index in [0.29, 0.717) is 11.3 Å². The Balaban J connectivity index is 2.45. The molecule has 0 aliphatic carbocycles. The summed E-state index contributed by atoms with van der Waals surface area (Å²) >= 11 is 0. The molecule has 0 saturated carbocycles. The van der Waals surface area contributed by atoms with E-state index in [1.54, 1.807) is 24.3 Å². The van der Waals surface area contributed by atoms with Crippen molar-refractivity contribution in [2.45, 2.75) is 19.8 Å². The van der Waals surface area contributed by atoms with Crippen LogP contribution in [0.2, 0.25) is 0 Å². The van der Waals surface area contributed by atoms with Gasteiger partial charge in [0.05, 0.1) is 12.1 Å². The normalized spacial score (nSPS) is 9.83. The summed E-state index contributed by atoms with van der Waals surface area (Å²) in [5.74, 6) is -0.598. The van der Waals surface area contributed by atoms with Crippen molar-refractivity contribution in [3.63, 3.8) is 0 Å². The van der Waals surface area contributed by atoms with Crippen molar-refractivity contribution in [3.8, 4) is 0 Å². The van der Waals surface area contributed by atoms with Gasteiger partial charge in [-0.2, -0.15) is 0 Å². The van der Waals surface area contributed by atoms with Crippen LogP contribution < -0.4 is 11.1 Å².